The summed E-state index contributed by atoms with van der Waals surface area (Å²) in [5, 5.41) is 31.4. The third-order valence-corrected chi connectivity index (χ3v) is 9.41. The van der Waals surface area contributed by atoms with Crippen LogP contribution >= 0.6 is 0 Å². The van der Waals surface area contributed by atoms with Crippen molar-refractivity contribution in [1.82, 2.24) is 0 Å². The van der Waals surface area contributed by atoms with Gasteiger partial charge in [-0.05, 0) is 42.9 Å². The number of hydrogen-bond acceptors (Lipinski definition) is 10. The van der Waals surface area contributed by atoms with Crippen LogP contribution in [0, 0.1) is 23.2 Å². The molecule has 0 aromatic heterocycles. The number of phenols is 1. The number of aliphatic hydroxyl groups is 2. The van der Waals surface area contributed by atoms with Gasteiger partial charge < -0.3 is 39.0 Å². The summed E-state index contributed by atoms with van der Waals surface area (Å²) in [6.45, 7) is 9.35. The van der Waals surface area contributed by atoms with Crippen LogP contribution < -0.4 is 0 Å². The third kappa shape index (κ3) is 6.57. The number of phenolic OH excluding ortho intramolecular Hbond substituents is 1. The van der Waals surface area contributed by atoms with Gasteiger partial charge in [-0.25, -0.2) is 0 Å². The number of rotatable bonds is 7. The lowest BCUT2D eigenvalue weighted by atomic mass is 9.66. The second kappa shape index (κ2) is 12.2. The number of esters is 2. The molecule has 9 unspecified atom stereocenters. The van der Waals surface area contributed by atoms with Crippen LogP contribution in [0.3, 0.4) is 0 Å². The highest BCUT2D eigenvalue weighted by atomic mass is 16.8. The van der Waals surface area contributed by atoms with E-state index in [9.17, 15) is 24.9 Å². The molecule has 3 aliphatic heterocycles. The highest BCUT2D eigenvalue weighted by Gasteiger charge is 2.64. The second-order valence-electron chi connectivity index (χ2n) is 12.9. The normalized spacial score (nSPS) is 37.1. The van der Waals surface area contributed by atoms with E-state index in [4.69, 9.17) is 23.7 Å². The van der Waals surface area contributed by atoms with Crippen LogP contribution in [0.5, 0.6) is 5.75 Å². The topological polar surface area (TPSA) is 141 Å². The van der Waals surface area contributed by atoms with Crippen LogP contribution in [0.2, 0.25) is 0 Å². The Morgan fingerprint density at radius 1 is 1.10 bits per heavy atom. The van der Waals surface area contributed by atoms with Gasteiger partial charge in [0.25, 0.3) is 0 Å². The SMILES string of the molecule is COC(CCC(C)C1OC23CC(OC(=O)CC(CO)OC(=O)CC(O)(O2)C(C)CC3(C)C)C1C)c1cccc(O)c1. The summed E-state index contributed by atoms with van der Waals surface area (Å²) in [7, 11) is 1.64. The van der Waals surface area contributed by atoms with Crippen molar-refractivity contribution >= 4 is 11.9 Å². The first kappa shape index (κ1) is 31.7. The van der Waals surface area contributed by atoms with Crippen molar-refractivity contribution in [2.24, 2.45) is 23.2 Å². The average Bonchev–Trinajstić information content (AvgIpc) is 2.88. The van der Waals surface area contributed by atoms with Crippen LogP contribution in [-0.2, 0) is 33.3 Å². The van der Waals surface area contributed by atoms with Crippen molar-refractivity contribution in [2.45, 2.75) is 109 Å². The molecule has 0 saturated carbocycles. The predicted molar refractivity (Wildman–Crippen MR) is 147 cm³/mol. The van der Waals surface area contributed by atoms with E-state index in [1.807, 2.05) is 33.8 Å². The zero-order valence-corrected chi connectivity index (χ0v) is 25.0. The predicted octanol–water partition coefficient (Wildman–Crippen LogP) is 4.00. The molecule has 3 N–H and O–H groups in total. The highest BCUT2D eigenvalue weighted by Crippen LogP contribution is 2.57. The minimum Gasteiger partial charge on any atom is -0.508 e. The molecule has 3 bridgehead atoms. The van der Waals surface area contributed by atoms with Crippen molar-refractivity contribution in [3.8, 4) is 5.75 Å². The number of ether oxygens (including phenoxy) is 5. The molecule has 1 aromatic carbocycles. The third-order valence-electron chi connectivity index (χ3n) is 9.41. The molecule has 3 fully saturated rings. The Balaban J connectivity index is 1.65. The zero-order chi connectivity index (χ0) is 30.2. The fourth-order valence-corrected chi connectivity index (χ4v) is 6.84. The molecule has 3 aliphatic rings. The van der Waals surface area contributed by atoms with E-state index in [1.165, 1.54) is 0 Å². The molecular formula is C31H46O10. The highest BCUT2D eigenvalue weighted by molar-refractivity contribution is 5.73. The van der Waals surface area contributed by atoms with E-state index in [-0.39, 0.29) is 36.5 Å². The summed E-state index contributed by atoms with van der Waals surface area (Å²) in [4.78, 5) is 25.8. The monoisotopic (exact) mass is 578 g/mol. The minimum absolute atomic E-state index is 0.0340. The Hall–Kier alpha value is -2.24. The number of methoxy groups -OCH3 is 1. The van der Waals surface area contributed by atoms with Crippen LogP contribution in [0.1, 0.15) is 84.8 Å². The molecule has 0 amide bonds. The molecule has 10 nitrogen and oxygen atoms in total. The maximum Gasteiger partial charge on any atom is 0.311 e. The van der Waals surface area contributed by atoms with Gasteiger partial charge in [-0.3, -0.25) is 9.59 Å². The first-order chi connectivity index (χ1) is 19.2. The quantitative estimate of drug-likeness (QED) is 0.407. The smallest absolute Gasteiger partial charge is 0.311 e. The number of carbonyl (C=O) groups excluding carboxylic acids is 2. The molecule has 4 rings (SSSR count). The number of carbonyl (C=O) groups is 2. The van der Waals surface area contributed by atoms with Crippen molar-refractivity contribution in [1.29, 1.82) is 0 Å². The lowest BCUT2D eigenvalue weighted by Gasteiger charge is -2.61. The molecule has 1 spiro atoms. The van der Waals surface area contributed by atoms with Crippen LogP contribution in [0.25, 0.3) is 0 Å². The zero-order valence-electron chi connectivity index (χ0n) is 25.0. The molecule has 3 heterocycles. The Bertz CT molecular complexity index is 1090. The molecule has 9 atom stereocenters. The number of aliphatic hydroxyl groups excluding tert-OH is 1. The fourth-order valence-electron chi connectivity index (χ4n) is 6.84. The van der Waals surface area contributed by atoms with E-state index in [2.05, 4.69) is 6.92 Å². The maximum absolute atomic E-state index is 13.0. The largest absolute Gasteiger partial charge is 0.508 e. The van der Waals surface area contributed by atoms with Gasteiger partial charge in [0, 0.05) is 30.8 Å². The first-order valence-electron chi connectivity index (χ1n) is 14.6. The van der Waals surface area contributed by atoms with Crippen molar-refractivity contribution in [2.75, 3.05) is 13.7 Å². The Morgan fingerprint density at radius 3 is 2.49 bits per heavy atom. The van der Waals surface area contributed by atoms with Gasteiger partial charge in [0.1, 0.15) is 18.0 Å². The lowest BCUT2D eigenvalue weighted by molar-refractivity contribution is -0.451. The molecule has 0 aliphatic carbocycles. The van der Waals surface area contributed by atoms with Crippen molar-refractivity contribution < 1.29 is 48.6 Å². The summed E-state index contributed by atoms with van der Waals surface area (Å²) in [5.74, 6) is -5.07. The summed E-state index contributed by atoms with van der Waals surface area (Å²) in [6, 6.07) is 7.01. The average molecular weight is 579 g/mol. The number of aromatic hydroxyl groups is 1. The molecule has 230 valence electrons. The summed E-state index contributed by atoms with van der Waals surface area (Å²) in [6.07, 6.45) is -1.06. The first-order valence-corrected chi connectivity index (χ1v) is 14.6. The number of fused-ring (bicyclic) bond motifs is 2. The van der Waals surface area contributed by atoms with Crippen LogP contribution in [0.4, 0.5) is 0 Å². The van der Waals surface area contributed by atoms with Gasteiger partial charge in [0.05, 0.1) is 31.7 Å². The fraction of sp³-hybridized carbons (Fsp3) is 0.742. The van der Waals surface area contributed by atoms with Gasteiger partial charge >= 0.3 is 11.9 Å². The maximum atomic E-state index is 13.0. The minimum atomic E-state index is -1.87. The lowest BCUT2D eigenvalue weighted by Crippen LogP contribution is -2.68. The number of hydrogen-bond donors (Lipinski definition) is 3. The van der Waals surface area contributed by atoms with Crippen molar-refractivity contribution in [3.05, 3.63) is 29.8 Å². The summed E-state index contributed by atoms with van der Waals surface area (Å²) >= 11 is 0. The van der Waals surface area contributed by atoms with Gasteiger partial charge in [-0.1, -0.05) is 46.8 Å². The molecule has 41 heavy (non-hydrogen) atoms. The second-order valence-corrected chi connectivity index (χ2v) is 12.9. The van der Waals surface area contributed by atoms with E-state index >= 15 is 0 Å². The van der Waals surface area contributed by atoms with Crippen LogP contribution in [-0.4, -0.2) is 70.9 Å². The van der Waals surface area contributed by atoms with Gasteiger partial charge in [-0.2, -0.15) is 0 Å². The molecular weight excluding hydrogens is 532 g/mol. The summed E-state index contributed by atoms with van der Waals surface area (Å²) < 4.78 is 30.4. The van der Waals surface area contributed by atoms with Gasteiger partial charge in [0.2, 0.25) is 0 Å². The standard InChI is InChI=1S/C31H46O10/c1-18(10-11-24(37-6)21-8-7-9-22(33)12-21)28-20(3)25-15-31(40-28)29(4,5)14-19(2)30(36,41-31)16-27(35)38-23(17-32)13-26(34)39-25/h7-9,12,18-20,23-25,28,32-33,36H,10-11,13-17H2,1-6H3. The van der Waals surface area contributed by atoms with Gasteiger partial charge in [0.15, 0.2) is 11.6 Å². The molecule has 3 saturated heterocycles. The number of benzene rings is 1. The molecule has 1 aromatic rings. The Morgan fingerprint density at radius 2 is 1.83 bits per heavy atom. The molecule has 10 heteroatoms. The Kier molecular flexibility index (Phi) is 9.40. The molecule has 0 radical (unpaired) electrons. The van der Waals surface area contributed by atoms with Crippen LogP contribution in [0.15, 0.2) is 24.3 Å². The van der Waals surface area contributed by atoms with Gasteiger partial charge in [-0.15, -0.1) is 0 Å². The van der Waals surface area contributed by atoms with E-state index in [0.717, 1.165) is 5.56 Å². The van der Waals surface area contributed by atoms with E-state index in [0.29, 0.717) is 19.3 Å². The van der Waals surface area contributed by atoms with E-state index in [1.54, 1.807) is 25.3 Å². The number of cyclic esters (lactones) is 1. The summed E-state index contributed by atoms with van der Waals surface area (Å²) in [5.41, 5.74) is 0.274. The van der Waals surface area contributed by atoms with E-state index < -0.39 is 66.2 Å². The van der Waals surface area contributed by atoms with Crippen molar-refractivity contribution in [3.63, 3.8) is 0 Å². The Labute approximate surface area is 242 Å².